The highest BCUT2D eigenvalue weighted by Gasteiger charge is 2.16. The van der Waals surface area contributed by atoms with Gasteiger partial charge in [-0.15, -0.1) is 0 Å². The Morgan fingerprint density at radius 3 is 2.78 bits per heavy atom. The number of aromatic amines is 2. The Morgan fingerprint density at radius 2 is 2.00 bits per heavy atom. The van der Waals surface area contributed by atoms with Crippen LogP contribution in [0.15, 0.2) is 66.1 Å². The number of nitrogens with zero attached hydrogens (tertiary/aromatic N) is 3. The largest absolute Gasteiger partial charge is 0.504 e. The van der Waals surface area contributed by atoms with Crippen molar-refractivity contribution < 1.29 is 10.2 Å². The molecule has 5 N–H and O–H groups in total. The van der Waals surface area contributed by atoms with Crippen LogP contribution in [0.25, 0.3) is 28.1 Å². The van der Waals surface area contributed by atoms with Crippen molar-refractivity contribution in [2.24, 2.45) is 0 Å². The van der Waals surface area contributed by atoms with Crippen molar-refractivity contribution >= 4 is 16.7 Å². The van der Waals surface area contributed by atoms with E-state index < -0.39 is 0 Å². The molecular weight excluding hydrogens is 408 g/mol. The number of anilines is 1. The van der Waals surface area contributed by atoms with Crippen LogP contribution in [0.3, 0.4) is 0 Å². The van der Waals surface area contributed by atoms with Crippen LogP contribution in [0, 0.1) is 6.92 Å². The lowest BCUT2D eigenvalue weighted by atomic mass is 10.1. The summed E-state index contributed by atoms with van der Waals surface area (Å²) >= 11 is 0. The maximum Gasteiger partial charge on any atom is 0.261 e. The van der Waals surface area contributed by atoms with Crippen molar-refractivity contribution in [3.63, 3.8) is 0 Å². The first-order chi connectivity index (χ1) is 15.5. The SMILES string of the molecule is Cc1cc(-n2ccnc2)cc2[nH]c(-c3c(NCc4ccc(O)c(O)c4)cc[nH]c3=O)nc12. The number of H-pyrrole nitrogens is 2. The van der Waals surface area contributed by atoms with Gasteiger partial charge in [-0.2, -0.15) is 0 Å². The van der Waals surface area contributed by atoms with Gasteiger partial charge in [-0.05, 0) is 48.4 Å². The summed E-state index contributed by atoms with van der Waals surface area (Å²) in [7, 11) is 0. The lowest BCUT2D eigenvalue weighted by Crippen LogP contribution is -2.13. The molecule has 0 unspecified atom stereocenters. The minimum Gasteiger partial charge on any atom is -0.504 e. The molecule has 0 fully saturated rings. The number of fused-ring (bicyclic) bond motifs is 1. The van der Waals surface area contributed by atoms with Crippen molar-refractivity contribution in [3.05, 3.63) is 82.8 Å². The number of hydrogen-bond donors (Lipinski definition) is 5. The van der Waals surface area contributed by atoms with Crippen LogP contribution in [0.2, 0.25) is 0 Å². The third kappa shape index (κ3) is 3.45. The van der Waals surface area contributed by atoms with E-state index in [4.69, 9.17) is 4.98 Å². The molecule has 32 heavy (non-hydrogen) atoms. The summed E-state index contributed by atoms with van der Waals surface area (Å²) in [6.07, 6.45) is 6.87. The number of benzene rings is 2. The molecule has 0 spiro atoms. The third-order valence-corrected chi connectivity index (χ3v) is 5.28. The van der Waals surface area contributed by atoms with E-state index in [1.807, 2.05) is 29.8 Å². The summed E-state index contributed by atoms with van der Waals surface area (Å²) in [5, 5.41) is 22.4. The van der Waals surface area contributed by atoms with Crippen molar-refractivity contribution in [2.45, 2.75) is 13.5 Å². The summed E-state index contributed by atoms with van der Waals surface area (Å²) < 4.78 is 1.91. The number of aromatic hydroxyl groups is 2. The van der Waals surface area contributed by atoms with Gasteiger partial charge in [-0.3, -0.25) is 4.79 Å². The van der Waals surface area contributed by atoms with Crippen LogP contribution in [-0.4, -0.2) is 34.7 Å². The second kappa shape index (κ2) is 7.62. The van der Waals surface area contributed by atoms with Crippen LogP contribution in [0.5, 0.6) is 11.5 Å². The molecule has 0 saturated carbocycles. The van der Waals surface area contributed by atoms with Crippen LogP contribution in [0.4, 0.5) is 5.69 Å². The number of imidazole rings is 2. The van der Waals surface area contributed by atoms with E-state index >= 15 is 0 Å². The number of phenolic OH excluding ortho intramolecular Hbond substituents is 2. The van der Waals surface area contributed by atoms with Crippen molar-refractivity contribution in [1.29, 1.82) is 0 Å². The van der Waals surface area contributed by atoms with E-state index in [1.54, 1.807) is 30.9 Å². The number of hydrogen-bond acceptors (Lipinski definition) is 6. The van der Waals surface area contributed by atoms with Gasteiger partial charge in [-0.25, -0.2) is 9.97 Å². The molecule has 5 aromatic rings. The van der Waals surface area contributed by atoms with Gasteiger partial charge in [0, 0.05) is 30.8 Å². The smallest absolute Gasteiger partial charge is 0.261 e. The maximum absolute atomic E-state index is 12.7. The molecule has 9 heteroatoms. The second-order valence-electron chi connectivity index (χ2n) is 7.49. The molecule has 0 radical (unpaired) electrons. The number of pyridine rings is 1. The highest BCUT2D eigenvalue weighted by atomic mass is 16.3. The van der Waals surface area contributed by atoms with E-state index in [0.717, 1.165) is 27.8 Å². The summed E-state index contributed by atoms with van der Waals surface area (Å²) in [5.74, 6) is 0.0685. The standard InChI is InChI=1S/C23H20N6O3/c1-13-8-15(29-7-6-24-12-29)10-17-21(13)28-22(27-17)20-16(4-5-25-23(20)32)26-11-14-2-3-18(30)19(31)9-14/h2-10,12,30-31H,11H2,1H3,(H,27,28)(H2,25,26,32). The molecule has 3 heterocycles. The zero-order valence-electron chi connectivity index (χ0n) is 17.1. The van der Waals surface area contributed by atoms with E-state index in [9.17, 15) is 15.0 Å². The Bertz CT molecular complexity index is 1480. The lowest BCUT2D eigenvalue weighted by molar-refractivity contribution is 0.403. The first-order valence-electron chi connectivity index (χ1n) is 9.95. The van der Waals surface area contributed by atoms with Gasteiger partial charge in [0.15, 0.2) is 11.5 Å². The quantitative estimate of drug-likeness (QED) is 0.273. The third-order valence-electron chi connectivity index (χ3n) is 5.28. The molecule has 5 rings (SSSR count). The van der Waals surface area contributed by atoms with Gasteiger partial charge >= 0.3 is 0 Å². The van der Waals surface area contributed by atoms with Crippen LogP contribution in [-0.2, 0) is 6.54 Å². The number of nitrogens with one attached hydrogen (secondary N) is 3. The Hall–Kier alpha value is -4.53. The molecule has 0 aliphatic rings. The molecule has 3 aromatic heterocycles. The monoisotopic (exact) mass is 428 g/mol. The van der Waals surface area contributed by atoms with E-state index in [-0.39, 0.29) is 17.1 Å². The summed E-state index contributed by atoms with van der Waals surface area (Å²) in [4.78, 5) is 27.5. The second-order valence-corrected chi connectivity index (χ2v) is 7.49. The summed E-state index contributed by atoms with van der Waals surface area (Å²) in [5.41, 5.74) is 4.93. The fourth-order valence-corrected chi connectivity index (χ4v) is 3.69. The normalized spacial score (nSPS) is 11.2. The number of aryl methyl sites for hydroxylation is 1. The fourth-order valence-electron chi connectivity index (χ4n) is 3.69. The topological polar surface area (TPSA) is 132 Å². The molecular formula is C23H20N6O3. The zero-order valence-corrected chi connectivity index (χ0v) is 17.1. The minimum atomic E-state index is -0.282. The van der Waals surface area contributed by atoms with Gasteiger partial charge in [0.25, 0.3) is 5.56 Å². The Balaban J connectivity index is 1.53. The van der Waals surface area contributed by atoms with Crippen molar-refractivity contribution in [1.82, 2.24) is 24.5 Å². The molecule has 0 bridgehead atoms. The summed E-state index contributed by atoms with van der Waals surface area (Å²) in [6.45, 7) is 2.31. The van der Waals surface area contributed by atoms with Crippen molar-refractivity contribution in [3.8, 4) is 28.6 Å². The molecule has 9 nitrogen and oxygen atoms in total. The van der Waals surface area contributed by atoms with Gasteiger partial charge in [0.2, 0.25) is 0 Å². The first-order valence-corrected chi connectivity index (χ1v) is 9.95. The summed E-state index contributed by atoms with van der Waals surface area (Å²) in [6, 6.07) is 10.3. The van der Waals surface area contributed by atoms with Gasteiger partial charge in [-0.1, -0.05) is 6.07 Å². The van der Waals surface area contributed by atoms with E-state index in [0.29, 0.717) is 23.6 Å². The zero-order chi connectivity index (χ0) is 22.2. The molecule has 0 aliphatic carbocycles. The number of rotatable bonds is 5. The molecule has 0 amide bonds. The molecule has 0 atom stereocenters. The fraction of sp³-hybridized carbons (Fsp3) is 0.0870. The maximum atomic E-state index is 12.7. The Kier molecular flexibility index (Phi) is 4.63. The molecule has 0 saturated heterocycles. The van der Waals surface area contributed by atoms with Gasteiger partial charge < -0.3 is 30.1 Å². The molecule has 0 aliphatic heterocycles. The highest BCUT2D eigenvalue weighted by Crippen LogP contribution is 2.29. The van der Waals surface area contributed by atoms with Gasteiger partial charge in [0.1, 0.15) is 11.4 Å². The van der Waals surface area contributed by atoms with Crippen molar-refractivity contribution in [2.75, 3.05) is 5.32 Å². The molecule has 2 aromatic carbocycles. The lowest BCUT2D eigenvalue weighted by Gasteiger charge is -2.10. The van der Waals surface area contributed by atoms with Crippen LogP contribution >= 0.6 is 0 Å². The molecule has 160 valence electrons. The predicted molar refractivity (Wildman–Crippen MR) is 121 cm³/mol. The predicted octanol–water partition coefficient (Wildman–Crippen LogP) is 3.44. The first kappa shape index (κ1) is 19.4. The Morgan fingerprint density at radius 1 is 1.12 bits per heavy atom. The van der Waals surface area contributed by atoms with Crippen LogP contribution < -0.4 is 10.9 Å². The Labute approximate surface area is 182 Å². The van der Waals surface area contributed by atoms with Gasteiger partial charge in [0.05, 0.1) is 23.0 Å². The average molecular weight is 428 g/mol. The van der Waals surface area contributed by atoms with Crippen LogP contribution in [0.1, 0.15) is 11.1 Å². The van der Waals surface area contributed by atoms with E-state index in [2.05, 4.69) is 20.3 Å². The average Bonchev–Trinajstić information content (AvgIpc) is 3.45. The van der Waals surface area contributed by atoms with E-state index in [1.165, 1.54) is 12.1 Å². The minimum absolute atomic E-state index is 0.182. The number of aromatic nitrogens is 5. The number of phenols is 2. The highest BCUT2D eigenvalue weighted by molar-refractivity contribution is 5.86.